The number of aromatic nitrogens is 3. The number of nitrogens with one attached hydrogen (secondary N) is 1. The van der Waals surface area contributed by atoms with Gasteiger partial charge in [0.15, 0.2) is 11.6 Å². The number of nitrogen functional groups attached to an aromatic ring is 1. The van der Waals surface area contributed by atoms with Gasteiger partial charge in [-0.2, -0.15) is 0 Å². The molecule has 3 heterocycles. The lowest BCUT2D eigenvalue weighted by Gasteiger charge is -2.33. The van der Waals surface area contributed by atoms with E-state index in [0.717, 1.165) is 54.3 Å². The van der Waals surface area contributed by atoms with Crippen LogP contribution in [0.25, 0.3) is 10.9 Å². The Balaban J connectivity index is 1.67. The molecule has 0 aliphatic carbocycles. The Morgan fingerprint density at radius 1 is 1.04 bits per heavy atom. The van der Waals surface area contributed by atoms with Gasteiger partial charge in [0.1, 0.15) is 12.0 Å². The van der Waals surface area contributed by atoms with Crippen molar-refractivity contribution in [2.24, 2.45) is 0 Å². The van der Waals surface area contributed by atoms with Crippen LogP contribution in [0.15, 0.2) is 36.7 Å². The van der Waals surface area contributed by atoms with Crippen LogP contribution in [-0.4, -0.2) is 53.1 Å². The number of likely N-dealkylation sites (N-methyl/N-ethyl adjacent to an activating group) is 1. The molecule has 0 amide bonds. The number of hydrogen-bond acceptors (Lipinski definition) is 7. The molecule has 134 valence electrons. The number of benzene rings is 1. The molecule has 7 heteroatoms. The zero-order valence-electron chi connectivity index (χ0n) is 15.1. The Morgan fingerprint density at radius 2 is 1.85 bits per heavy atom. The average Bonchev–Trinajstić information content (AvgIpc) is 2.65. The number of nitrogens with zero attached hydrogens (tertiary/aromatic N) is 5. The summed E-state index contributed by atoms with van der Waals surface area (Å²) in [6, 6.07) is 10.1. The van der Waals surface area contributed by atoms with E-state index in [1.54, 1.807) is 6.33 Å². The van der Waals surface area contributed by atoms with E-state index >= 15 is 0 Å². The Kier molecular flexibility index (Phi) is 4.30. The highest BCUT2D eigenvalue weighted by Crippen LogP contribution is 2.31. The lowest BCUT2D eigenvalue weighted by Crippen LogP contribution is -2.45. The third-order valence-corrected chi connectivity index (χ3v) is 4.78. The van der Waals surface area contributed by atoms with Gasteiger partial charge in [0.05, 0.1) is 11.2 Å². The predicted octanol–water partition coefficient (Wildman–Crippen LogP) is 2.41. The summed E-state index contributed by atoms with van der Waals surface area (Å²) in [4.78, 5) is 18.0. The molecule has 3 N–H and O–H groups in total. The minimum absolute atomic E-state index is 0.571. The number of nitrogens with two attached hydrogens (primary N) is 1. The van der Waals surface area contributed by atoms with Crippen molar-refractivity contribution in [3.05, 3.63) is 42.4 Å². The second-order valence-corrected chi connectivity index (χ2v) is 6.70. The predicted molar refractivity (Wildman–Crippen MR) is 106 cm³/mol. The summed E-state index contributed by atoms with van der Waals surface area (Å²) in [6.07, 6.45) is 1.57. The third-order valence-electron chi connectivity index (χ3n) is 4.78. The standard InChI is InChI=1S/C19H23N7/c1-13-6-7-14-4-3-5-15(17(14)23-13)24-18-16(20)19(22-12-21-18)26-10-8-25(2)9-11-26/h3-7,12H,8-11,20H2,1-2H3,(H,21,22,24). The largest absolute Gasteiger partial charge is 0.393 e. The van der Waals surface area contributed by atoms with Crippen LogP contribution in [0.3, 0.4) is 0 Å². The van der Waals surface area contributed by atoms with E-state index < -0.39 is 0 Å². The fourth-order valence-corrected chi connectivity index (χ4v) is 3.23. The number of hydrogen-bond donors (Lipinski definition) is 2. The van der Waals surface area contributed by atoms with Crippen LogP contribution >= 0.6 is 0 Å². The lowest BCUT2D eigenvalue weighted by molar-refractivity contribution is 0.312. The Labute approximate surface area is 152 Å². The summed E-state index contributed by atoms with van der Waals surface area (Å²) in [6.45, 7) is 5.80. The molecular formula is C19H23N7. The van der Waals surface area contributed by atoms with Gasteiger partial charge in [0.25, 0.3) is 0 Å². The highest BCUT2D eigenvalue weighted by Gasteiger charge is 2.19. The molecule has 1 saturated heterocycles. The van der Waals surface area contributed by atoms with Crippen LogP contribution in [0.1, 0.15) is 5.69 Å². The van der Waals surface area contributed by atoms with Crippen molar-refractivity contribution >= 4 is 33.9 Å². The van der Waals surface area contributed by atoms with Gasteiger partial charge in [-0.3, -0.25) is 4.98 Å². The average molecular weight is 349 g/mol. The molecule has 2 aromatic heterocycles. The van der Waals surface area contributed by atoms with Crippen LogP contribution < -0.4 is 16.0 Å². The SMILES string of the molecule is Cc1ccc2cccc(Nc3ncnc(N4CCN(C)CC4)c3N)c2n1. The van der Waals surface area contributed by atoms with Gasteiger partial charge in [-0.1, -0.05) is 18.2 Å². The maximum absolute atomic E-state index is 6.41. The number of piperazine rings is 1. The zero-order valence-corrected chi connectivity index (χ0v) is 15.1. The summed E-state index contributed by atoms with van der Waals surface area (Å²) in [5.41, 5.74) is 9.75. The topological polar surface area (TPSA) is 83.2 Å². The molecule has 4 rings (SSSR count). The molecule has 0 saturated carbocycles. The van der Waals surface area contributed by atoms with Gasteiger partial charge in [-0.05, 0) is 26.1 Å². The first-order valence-electron chi connectivity index (χ1n) is 8.79. The molecular weight excluding hydrogens is 326 g/mol. The number of pyridine rings is 1. The molecule has 3 aromatic rings. The van der Waals surface area contributed by atoms with Gasteiger partial charge < -0.3 is 20.9 Å². The van der Waals surface area contributed by atoms with Crippen molar-refractivity contribution in [1.82, 2.24) is 19.9 Å². The summed E-state index contributed by atoms with van der Waals surface area (Å²) in [5, 5.41) is 4.43. The van der Waals surface area contributed by atoms with Crippen molar-refractivity contribution in [3.8, 4) is 0 Å². The second kappa shape index (κ2) is 6.76. The normalized spacial score (nSPS) is 15.4. The summed E-state index contributed by atoms with van der Waals surface area (Å²) in [7, 11) is 2.13. The molecule has 7 nitrogen and oxygen atoms in total. The molecule has 0 atom stereocenters. The third kappa shape index (κ3) is 3.13. The highest BCUT2D eigenvalue weighted by molar-refractivity contribution is 5.93. The number of para-hydroxylation sites is 1. The molecule has 0 spiro atoms. The van der Waals surface area contributed by atoms with Crippen LogP contribution in [-0.2, 0) is 0 Å². The molecule has 26 heavy (non-hydrogen) atoms. The van der Waals surface area contributed by atoms with E-state index in [1.807, 2.05) is 31.2 Å². The van der Waals surface area contributed by atoms with Gasteiger partial charge in [0.2, 0.25) is 0 Å². The molecule has 1 aromatic carbocycles. The van der Waals surface area contributed by atoms with Crippen LogP contribution in [0.2, 0.25) is 0 Å². The van der Waals surface area contributed by atoms with Crippen LogP contribution in [0.4, 0.5) is 23.0 Å². The number of aryl methyl sites for hydroxylation is 1. The van der Waals surface area contributed by atoms with E-state index in [9.17, 15) is 0 Å². The second-order valence-electron chi connectivity index (χ2n) is 6.70. The minimum atomic E-state index is 0.571. The number of rotatable bonds is 3. The van der Waals surface area contributed by atoms with Gasteiger partial charge >= 0.3 is 0 Å². The zero-order chi connectivity index (χ0) is 18.1. The fourth-order valence-electron chi connectivity index (χ4n) is 3.23. The quantitative estimate of drug-likeness (QED) is 0.751. The monoisotopic (exact) mass is 349 g/mol. The van der Waals surface area contributed by atoms with Crippen molar-refractivity contribution in [1.29, 1.82) is 0 Å². The van der Waals surface area contributed by atoms with E-state index in [0.29, 0.717) is 11.5 Å². The van der Waals surface area contributed by atoms with Crippen molar-refractivity contribution < 1.29 is 0 Å². The van der Waals surface area contributed by atoms with E-state index in [4.69, 9.17) is 5.73 Å². The summed E-state index contributed by atoms with van der Waals surface area (Å²) >= 11 is 0. The molecule has 1 aliphatic heterocycles. The molecule has 0 bridgehead atoms. The molecule has 1 fully saturated rings. The Bertz CT molecular complexity index is 932. The highest BCUT2D eigenvalue weighted by atomic mass is 15.3. The fraction of sp³-hybridized carbons (Fsp3) is 0.316. The van der Waals surface area contributed by atoms with Crippen molar-refractivity contribution in [3.63, 3.8) is 0 Å². The first-order valence-corrected chi connectivity index (χ1v) is 8.79. The maximum atomic E-state index is 6.41. The Hall–Kier alpha value is -2.93. The summed E-state index contributed by atoms with van der Waals surface area (Å²) < 4.78 is 0. The van der Waals surface area contributed by atoms with Gasteiger partial charge in [-0.25, -0.2) is 9.97 Å². The molecule has 0 unspecified atom stereocenters. The van der Waals surface area contributed by atoms with Gasteiger partial charge in [0, 0.05) is 37.3 Å². The maximum Gasteiger partial charge on any atom is 0.159 e. The van der Waals surface area contributed by atoms with Gasteiger partial charge in [-0.15, -0.1) is 0 Å². The molecule has 0 radical (unpaired) electrons. The lowest BCUT2D eigenvalue weighted by atomic mass is 10.1. The molecule has 1 aliphatic rings. The van der Waals surface area contributed by atoms with Crippen molar-refractivity contribution in [2.75, 3.05) is 49.2 Å². The van der Waals surface area contributed by atoms with E-state index in [2.05, 4.69) is 43.2 Å². The first kappa shape index (κ1) is 16.5. The van der Waals surface area contributed by atoms with Crippen molar-refractivity contribution in [2.45, 2.75) is 6.92 Å². The number of fused-ring (bicyclic) bond motifs is 1. The minimum Gasteiger partial charge on any atom is -0.393 e. The van der Waals surface area contributed by atoms with Crippen LogP contribution in [0.5, 0.6) is 0 Å². The van der Waals surface area contributed by atoms with E-state index in [-0.39, 0.29) is 0 Å². The number of anilines is 4. The summed E-state index contributed by atoms with van der Waals surface area (Å²) in [5.74, 6) is 1.41. The Morgan fingerprint density at radius 3 is 2.65 bits per heavy atom. The van der Waals surface area contributed by atoms with E-state index in [1.165, 1.54) is 0 Å². The smallest absolute Gasteiger partial charge is 0.159 e. The van der Waals surface area contributed by atoms with Crippen LogP contribution in [0, 0.1) is 6.92 Å². The first-order chi connectivity index (χ1) is 12.6.